The molecule has 21 heavy (non-hydrogen) atoms. The van der Waals surface area contributed by atoms with E-state index in [0.717, 1.165) is 4.47 Å². The van der Waals surface area contributed by atoms with Crippen LogP contribution in [0.4, 0.5) is 5.69 Å². The third-order valence-electron chi connectivity index (χ3n) is 2.60. The molecule has 0 amide bonds. The first-order valence-corrected chi connectivity index (χ1v) is 8.27. The van der Waals surface area contributed by atoms with Gasteiger partial charge in [0.1, 0.15) is 5.56 Å². The van der Waals surface area contributed by atoms with Crippen molar-refractivity contribution in [2.24, 2.45) is 0 Å². The maximum absolute atomic E-state index is 12.2. The van der Waals surface area contributed by atoms with Crippen LogP contribution < -0.4 is 4.72 Å². The topological polar surface area (TPSA) is 83.5 Å². The standard InChI is InChI=1S/C13H9BrClNO4S/c14-8-4-6-9(7-5-8)21(19,20)16-11-3-1-2-10(15)12(11)13(17)18/h1-7,16H,(H,17,18). The molecule has 0 radical (unpaired) electrons. The minimum atomic E-state index is -3.90. The third-order valence-corrected chi connectivity index (χ3v) is 4.82. The Kier molecular flexibility index (Phi) is 4.55. The first-order valence-electron chi connectivity index (χ1n) is 5.61. The van der Waals surface area contributed by atoms with Gasteiger partial charge >= 0.3 is 5.97 Å². The molecule has 0 saturated heterocycles. The highest BCUT2D eigenvalue weighted by atomic mass is 79.9. The zero-order valence-corrected chi connectivity index (χ0v) is 13.5. The van der Waals surface area contributed by atoms with Crippen molar-refractivity contribution < 1.29 is 18.3 Å². The molecule has 2 aromatic carbocycles. The highest BCUT2D eigenvalue weighted by Gasteiger charge is 2.20. The fraction of sp³-hybridized carbons (Fsp3) is 0. The first-order chi connectivity index (χ1) is 9.81. The number of hydrogen-bond acceptors (Lipinski definition) is 3. The van der Waals surface area contributed by atoms with E-state index in [0.29, 0.717) is 0 Å². The average molecular weight is 391 g/mol. The molecule has 2 rings (SSSR count). The lowest BCUT2D eigenvalue weighted by molar-refractivity contribution is 0.0698. The largest absolute Gasteiger partial charge is 0.478 e. The Morgan fingerprint density at radius 2 is 1.76 bits per heavy atom. The molecule has 0 aliphatic rings. The molecule has 0 aliphatic carbocycles. The summed E-state index contributed by atoms with van der Waals surface area (Å²) in [6, 6.07) is 10.1. The number of hydrogen-bond donors (Lipinski definition) is 2. The van der Waals surface area contributed by atoms with Crippen LogP contribution in [0, 0.1) is 0 Å². The van der Waals surface area contributed by atoms with E-state index in [2.05, 4.69) is 20.7 Å². The highest BCUT2D eigenvalue weighted by molar-refractivity contribution is 9.10. The molecule has 0 heterocycles. The second-order valence-electron chi connectivity index (χ2n) is 4.03. The molecule has 0 aliphatic heterocycles. The van der Waals surface area contributed by atoms with Crippen molar-refractivity contribution in [3.05, 3.63) is 57.5 Å². The molecule has 0 aromatic heterocycles. The number of carboxylic acids is 1. The molecule has 0 bridgehead atoms. The summed E-state index contributed by atoms with van der Waals surface area (Å²) in [5.41, 5.74) is -0.377. The third kappa shape index (κ3) is 3.55. The maximum Gasteiger partial charge on any atom is 0.339 e. The second-order valence-corrected chi connectivity index (χ2v) is 7.03. The van der Waals surface area contributed by atoms with Crippen LogP contribution >= 0.6 is 27.5 Å². The molecule has 110 valence electrons. The van der Waals surface area contributed by atoms with E-state index in [9.17, 15) is 13.2 Å². The summed E-state index contributed by atoms with van der Waals surface area (Å²) in [5, 5.41) is 9.08. The van der Waals surface area contributed by atoms with Gasteiger partial charge in [0, 0.05) is 4.47 Å². The van der Waals surface area contributed by atoms with Crippen molar-refractivity contribution in [1.82, 2.24) is 0 Å². The number of carbonyl (C=O) groups is 1. The molecule has 0 fully saturated rings. The zero-order valence-electron chi connectivity index (χ0n) is 10.4. The van der Waals surface area contributed by atoms with Gasteiger partial charge in [-0.15, -0.1) is 0 Å². The summed E-state index contributed by atoms with van der Waals surface area (Å²) >= 11 is 9.01. The van der Waals surface area contributed by atoms with E-state index >= 15 is 0 Å². The zero-order chi connectivity index (χ0) is 15.6. The Labute approximate surface area is 134 Å². The average Bonchev–Trinajstić information content (AvgIpc) is 2.38. The Balaban J connectivity index is 2.44. The number of anilines is 1. The fourth-order valence-corrected chi connectivity index (χ4v) is 3.24. The summed E-state index contributed by atoms with van der Waals surface area (Å²) < 4.78 is 27.4. The summed E-state index contributed by atoms with van der Waals surface area (Å²) in [6.07, 6.45) is 0. The monoisotopic (exact) mass is 389 g/mol. The van der Waals surface area contributed by atoms with Gasteiger partial charge in [0.05, 0.1) is 15.6 Å². The Bertz CT molecular complexity index is 790. The van der Waals surface area contributed by atoms with Crippen LogP contribution in [0.25, 0.3) is 0 Å². The van der Waals surface area contributed by atoms with Crippen LogP contribution in [-0.4, -0.2) is 19.5 Å². The molecule has 0 atom stereocenters. The number of halogens is 2. The van der Waals surface area contributed by atoms with Gasteiger partial charge in [0.25, 0.3) is 10.0 Å². The van der Waals surface area contributed by atoms with E-state index in [1.807, 2.05) is 0 Å². The predicted octanol–water partition coefficient (Wildman–Crippen LogP) is 3.60. The van der Waals surface area contributed by atoms with Crippen molar-refractivity contribution in [3.63, 3.8) is 0 Å². The smallest absolute Gasteiger partial charge is 0.339 e. The van der Waals surface area contributed by atoms with Crippen LogP contribution in [0.2, 0.25) is 5.02 Å². The lowest BCUT2D eigenvalue weighted by Crippen LogP contribution is -2.15. The molecule has 0 unspecified atom stereocenters. The fourth-order valence-electron chi connectivity index (χ4n) is 1.64. The molecule has 2 aromatic rings. The maximum atomic E-state index is 12.2. The Morgan fingerprint density at radius 1 is 1.14 bits per heavy atom. The van der Waals surface area contributed by atoms with Gasteiger partial charge in [0.15, 0.2) is 0 Å². The van der Waals surface area contributed by atoms with Crippen molar-refractivity contribution in [2.45, 2.75) is 4.90 Å². The Hall–Kier alpha value is -1.57. The summed E-state index contributed by atoms with van der Waals surface area (Å²) in [7, 11) is -3.90. The molecule has 8 heteroatoms. The molecular formula is C13H9BrClNO4S. The van der Waals surface area contributed by atoms with Crippen molar-refractivity contribution >= 4 is 49.2 Å². The van der Waals surface area contributed by atoms with Crippen LogP contribution in [0.15, 0.2) is 51.8 Å². The van der Waals surface area contributed by atoms with Crippen LogP contribution in [-0.2, 0) is 10.0 Å². The van der Waals surface area contributed by atoms with Gasteiger partial charge in [-0.2, -0.15) is 0 Å². The van der Waals surface area contributed by atoms with E-state index in [4.69, 9.17) is 16.7 Å². The predicted molar refractivity (Wildman–Crippen MR) is 83.4 cm³/mol. The second kappa shape index (κ2) is 6.05. The van der Waals surface area contributed by atoms with Crippen molar-refractivity contribution in [1.29, 1.82) is 0 Å². The lowest BCUT2D eigenvalue weighted by atomic mass is 10.2. The van der Waals surface area contributed by atoms with Gasteiger partial charge in [0.2, 0.25) is 0 Å². The molecular weight excluding hydrogens is 382 g/mol. The molecule has 2 N–H and O–H groups in total. The van der Waals surface area contributed by atoms with E-state index in [-0.39, 0.29) is 21.2 Å². The number of carboxylic acid groups (broad SMARTS) is 1. The minimum absolute atomic E-state index is 0.0158. The van der Waals surface area contributed by atoms with Gasteiger partial charge in [-0.1, -0.05) is 33.6 Å². The van der Waals surface area contributed by atoms with Crippen LogP contribution in [0.1, 0.15) is 10.4 Å². The molecule has 5 nitrogen and oxygen atoms in total. The van der Waals surface area contributed by atoms with Gasteiger partial charge in [-0.3, -0.25) is 4.72 Å². The van der Waals surface area contributed by atoms with Gasteiger partial charge in [-0.05, 0) is 36.4 Å². The first kappa shape index (κ1) is 15.8. The van der Waals surface area contributed by atoms with Gasteiger partial charge in [-0.25, -0.2) is 13.2 Å². The summed E-state index contributed by atoms with van der Waals surface area (Å²) in [6.45, 7) is 0. The number of benzene rings is 2. The highest BCUT2D eigenvalue weighted by Crippen LogP contribution is 2.27. The SMILES string of the molecule is O=C(O)c1c(Cl)cccc1NS(=O)(=O)c1ccc(Br)cc1. The molecule has 0 spiro atoms. The van der Waals surface area contributed by atoms with E-state index in [1.54, 1.807) is 12.1 Å². The number of rotatable bonds is 4. The quantitative estimate of drug-likeness (QED) is 0.835. The number of nitrogens with one attached hydrogen (secondary N) is 1. The van der Waals surface area contributed by atoms with Crippen LogP contribution in [0.5, 0.6) is 0 Å². The normalized spacial score (nSPS) is 11.1. The number of sulfonamides is 1. The Morgan fingerprint density at radius 3 is 2.33 bits per heavy atom. The minimum Gasteiger partial charge on any atom is -0.478 e. The lowest BCUT2D eigenvalue weighted by Gasteiger charge is -2.11. The summed E-state index contributed by atoms with van der Waals surface area (Å²) in [4.78, 5) is 11.2. The number of aromatic carboxylic acids is 1. The van der Waals surface area contributed by atoms with Crippen LogP contribution in [0.3, 0.4) is 0 Å². The summed E-state index contributed by atoms with van der Waals surface area (Å²) in [5.74, 6) is -1.31. The van der Waals surface area contributed by atoms with Gasteiger partial charge < -0.3 is 5.11 Å². The molecule has 0 saturated carbocycles. The van der Waals surface area contributed by atoms with Crippen molar-refractivity contribution in [2.75, 3.05) is 4.72 Å². The van der Waals surface area contributed by atoms with E-state index < -0.39 is 16.0 Å². The van der Waals surface area contributed by atoms with E-state index in [1.165, 1.54) is 30.3 Å². The van der Waals surface area contributed by atoms with Crippen molar-refractivity contribution in [3.8, 4) is 0 Å².